The second kappa shape index (κ2) is 4.55. The van der Waals surface area contributed by atoms with Crippen molar-refractivity contribution in [3.63, 3.8) is 0 Å². The second-order valence-corrected chi connectivity index (χ2v) is 7.47. The molecule has 2 aliphatic heterocycles. The van der Waals surface area contributed by atoms with Crippen LogP contribution in [-0.4, -0.2) is 52.1 Å². The van der Waals surface area contributed by atoms with Gasteiger partial charge in [0, 0.05) is 35.2 Å². The summed E-state index contributed by atoms with van der Waals surface area (Å²) in [6.45, 7) is 6.23. The van der Waals surface area contributed by atoms with Crippen LogP contribution in [0.5, 0.6) is 0 Å². The first-order chi connectivity index (χ1) is 7.08. The van der Waals surface area contributed by atoms with Crippen LogP contribution in [0.2, 0.25) is 0 Å². The Morgan fingerprint density at radius 1 is 1.53 bits per heavy atom. The highest BCUT2D eigenvalue weighted by atomic mass is 32.2. The Morgan fingerprint density at radius 3 is 2.93 bits per heavy atom. The van der Waals surface area contributed by atoms with E-state index in [1.165, 1.54) is 0 Å². The molecule has 2 saturated heterocycles. The van der Waals surface area contributed by atoms with E-state index < -0.39 is 0 Å². The molecule has 0 aromatic rings. The molecule has 1 atom stereocenters. The standard InChI is InChI=1S/C10H18N2OS2/c1-10(2)6-12(3-4-15-10)9(13)8-5-14-7-11-8/h8,11H,3-7H2,1-2H3. The first kappa shape index (κ1) is 11.6. The molecule has 0 aromatic heterocycles. The fraction of sp³-hybridized carbons (Fsp3) is 0.900. The Balaban J connectivity index is 1.94. The molecule has 1 N–H and O–H groups in total. The highest BCUT2D eigenvalue weighted by Gasteiger charge is 2.33. The Bertz CT molecular complexity index is 252. The maximum Gasteiger partial charge on any atom is 0.240 e. The number of nitrogens with zero attached hydrogens (tertiary/aromatic N) is 1. The van der Waals surface area contributed by atoms with Crippen LogP contribution < -0.4 is 5.32 Å². The van der Waals surface area contributed by atoms with E-state index in [1.807, 2.05) is 28.4 Å². The molecule has 0 saturated carbocycles. The van der Waals surface area contributed by atoms with Gasteiger partial charge in [-0.1, -0.05) is 0 Å². The monoisotopic (exact) mass is 246 g/mol. The van der Waals surface area contributed by atoms with Gasteiger partial charge in [-0.15, -0.1) is 11.8 Å². The van der Waals surface area contributed by atoms with Crippen LogP contribution in [0.15, 0.2) is 0 Å². The molecule has 2 fully saturated rings. The smallest absolute Gasteiger partial charge is 0.240 e. The third-order valence-corrected chi connectivity index (χ3v) is 4.99. The van der Waals surface area contributed by atoms with Crippen molar-refractivity contribution < 1.29 is 4.79 Å². The molecule has 86 valence electrons. The number of amides is 1. The average Bonchev–Trinajstić information content (AvgIpc) is 2.67. The molecule has 2 aliphatic rings. The first-order valence-electron chi connectivity index (χ1n) is 5.32. The van der Waals surface area contributed by atoms with Gasteiger partial charge in [-0.2, -0.15) is 11.8 Å². The Labute approximate surface area is 99.7 Å². The zero-order chi connectivity index (χ0) is 10.9. The quantitative estimate of drug-likeness (QED) is 0.748. The summed E-state index contributed by atoms with van der Waals surface area (Å²) in [5.74, 6) is 3.22. The van der Waals surface area contributed by atoms with Crippen LogP contribution in [0.3, 0.4) is 0 Å². The molecule has 2 heterocycles. The minimum absolute atomic E-state index is 0.0638. The molecule has 0 spiro atoms. The van der Waals surface area contributed by atoms with Crippen LogP contribution in [0, 0.1) is 0 Å². The molecular formula is C10H18N2OS2. The number of hydrogen-bond donors (Lipinski definition) is 1. The van der Waals surface area contributed by atoms with E-state index >= 15 is 0 Å². The van der Waals surface area contributed by atoms with Gasteiger partial charge in [0.1, 0.15) is 0 Å². The van der Waals surface area contributed by atoms with E-state index in [1.54, 1.807) is 0 Å². The van der Waals surface area contributed by atoms with Crippen LogP contribution >= 0.6 is 23.5 Å². The normalized spacial score (nSPS) is 30.5. The fourth-order valence-corrected chi connectivity index (χ4v) is 4.02. The highest BCUT2D eigenvalue weighted by Crippen LogP contribution is 2.30. The number of thioether (sulfide) groups is 2. The minimum atomic E-state index is 0.0638. The maximum atomic E-state index is 12.1. The van der Waals surface area contributed by atoms with Gasteiger partial charge in [0.05, 0.1) is 6.04 Å². The summed E-state index contributed by atoms with van der Waals surface area (Å²) in [7, 11) is 0. The zero-order valence-corrected chi connectivity index (χ0v) is 10.9. The lowest BCUT2D eigenvalue weighted by Crippen LogP contribution is -2.52. The van der Waals surface area contributed by atoms with E-state index in [2.05, 4.69) is 19.2 Å². The van der Waals surface area contributed by atoms with Gasteiger partial charge >= 0.3 is 0 Å². The highest BCUT2D eigenvalue weighted by molar-refractivity contribution is 8.00. The summed E-state index contributed by atoms with van der Waals surface area (Å²) in [5, 5.41) is 3.25. The van der Waals surface area contributed by atoms with Crippen molar-refractivity contribution in [1.29, 1.82) is 0 Å². The second-order valence-electron chi connectivity index (χ2n) is 4.64. The van der Waals surface area contributed by atoms with Crippen molar-refractivity contribution in [1.82, 2.24) is 10.2 Å². The lowest BCUT2D eigenvalue weighted by molar-refractivity contribution is -0.132. The molecule has 0 aromatic carbocycles. The topological polar surface area (TPSA) is 32.3 Å². The van der Waals surface area contributed by atoms with Crippen LogP contribution in [0.4, 0.5) is 0 Å². The van der Waals surface area contributed by atoms with Crippen LogP contribution in [0.25, 0.3) is 0 Å². The number of hydrogen-bond acceptors (Lipinski definition) is 4. The third-order valence-electron chi connectivity index (χ3n) is 2.75. The average molecular weight is 246 g/mol. The molecule has 5 heteroatoms. The van der Waals surface area contributed by atoms with Crippen molar-refractivity contribution in [2.75, 3.05) is 30.5 Å². The lowest BCUT2D eigenvalue weighted by atomic mass is 10.1. The summed E-state index contributed by atoms with van der Waals surface area (Å²) in [6.07, 6.45) is 0. The molecule has 3 nitrogen and oxygen atoms in total. The van der Waals surface area contributed by atoms with Gasteiger partial charge < -0.3 is 4.90 Å². The summed E-state index contributed by atoms with van der Waals surface area (Å²) in [6, 6.07) is 0.0638. The number of carbonyl (C=O) groups is 1. The van der Waals surface area contributed by atoms with Gasteiger partial charge in [0.2, 0.25) is 5.91 Å². The number of carbonyl (C=O) groups excluding carboxylic acids is 1. The molecule has 0 radical (unpaired) electrons. The Hall–Kier alpha value is 0.130. The van der Waals surface area contributed by atoms with E-state index in [0.717, 1.165) is 30.5 Å². The van der Waals surface area contributed by atoms with Gasteiger partial charge in [0.25, 0.3) is 0 Å². The van der Waals surface area contributed by atoms with E-state index in [9.17, 15) is 4.79 Å². The van der Waals surface area contributed by atoms with Crippen LogP contribution in [0.1, 0.15) is 13.8 Å². The maximum absolute atomic E-state index is 12.1. The minimum Gasteiger partial charge on any atom is -0.339 e. The Kier molecular flexibility index (Phi) is 3.52. The van der Waals surface area contributed by atoms with Crippen molar-refractivity contribution in [2.45, 2.75) is 24.6 Å². The molecule has 0 bridgehead atoms. The predicted molar refractivity (Wildman–Crippen MR) is 67.4 cm³/mol. The number of nitrogens with one attached hydrogen (secondary N) is 1. The van der Waals surface area contributed by atoms with Crippen LogP contribution in [-0.2, 0) is 4.79 Å². The van der Waals surface area contributed by atoms with Gasteiger partial charge in [0.15, 0.2) is 0 Å². The lowest BCUT2D eigenvalue weighted by Gasteiger charge is -2.38. The summed E-state index contributed by atoms with van der Waals surface area (Å²) < 4.78 is 0.222. The third kappa shape index (κ3) is 2.82. The van der Waals surface area contributed by atoms with Crippen molar-refractivity contribution in [3.05, 3.63) is 0 Å². The van der Waals surface area contributed by atoms with Gasteiger partial charge in [-0.05, 0) is 13.8 Å². The van der Waals surface area contributed by atoms with Crippen molar-refractivity contribution in [3.8, 4) is 0 Å². The molecular weight excluding hydrogens is 228 g/mol. The largest absolute Gasteiger partial charge is 0.339 e. The molecule has 1 unspecified atom stereocenters. The van der Waals surface area contributed by atoms with E-state index in [0.29, 0.717) is 5.91 Å². The van der Waals surface area contributed by atoms with E-state index in [4.69, 9.17) is 0 Å². The van der Waals surface area contributed by atoms with Crippen molar-refractivity contribution in [2.24, 2.45) is 0 Å². The summed E-state index contributed by atoms with van der Waals surface area (Å²) in [4.78, 5) is 14.2. The molecule has 0 aliphatic carbocycles. The van der Waals surface area contributed by atoms with Gasteiger partial charge in [-0.3, -0.25) is 10.1 Å². The Morgan fingerprint density at radius 2 is 2.33 bits per heavy atom. The van der Waals surface area contributed by atoms with Gasteiger partial charge in [-0.25, -0.2) is 0 Å². The summed E-state index contributed by atoms with van der Waals surface area (Å²) in [5.41, 5.74) is 0. The SMILES string of the molecule is CC1(C)CN(C(=O)C2CSCN2)CCS1. The molecule has 2 rings (SSSR count). The first-order valence-corrected chi connectivity index (χ1v) is 7.46. The molecule has 1 amide bonds. The fourth-order valence-electron chi connectivity index (χ4n) is 1.98. The predicted octanol–water partition coefficient (Wildman–Crippen LogP) is 1.00. The summed E-state index contributed by atoms with van der Waals surface area (Å²) >= 11 is 3.78. The zero-order valence-electron chi connectivity index (χ0n) is 9.28. The number of rotatable bonds is 1. The van der Waals surface area contributed by atoms with Crippen molar-refractivity contribution >= 4 is 29.4 Å². The van der Waals surface area contributed by atoms with E-state index in [-0.39, 0.29) is 10.8 Å². The molecule has 15 heavy (non-hydrogen) atoms.